The van der Waals surface area contributed by atoms with Crippen LogP contribution in [0.15, 0.2) is 30.3 Å². The quantitative estimate of drug-likeness (QED) is 0.260. The minimum absolute atomic E-state index is 0.000525. The van der Waals surface area contributed by atoms with Gasteiger partial charge in [-0.2, -0.15) is 0 Å². The predicted octanol–water partition coefficient (Wildman–Crippen LogP) is 2.07. The van der Waals surface area contributed by atoms with E-state index in [-0.39, 0.29) is 24.0 Å². The number of carbonyl (C=O) groups is 2. The normalized spacial score (nSPS) is 10.4. The Hall–Kier alpha value is -2.70. The van der Waals surface area contributed by atoms with Crippen molar-refractivity contribution < 1.29 is 19.2 Å². The molecule has 22 heavy (non-hydrogen) atoms. The first-order valence-corrected chi connectivity index (χ1v) is 6.89. The van der Waals surface area contributed by atoms with Gasteiger partial charge in [0.1, 0.15) is 0 Å². The molecular formula is C15H18N2O5. The molecule has 1 rings (SSSR count). The van der Waals surface area contributed by atoms with Gasteiger partial charge in [-0.05, 0) is 37.1 Å². The molecule has 0 spiro atoms. The van der Waals surface area contributed by atoms with E-state index in [4.69, 9.17) is 4.74 Å². The van der Waals surface area contributed by atoms with E-state index in [2.05, 4.69) is 5.32 Å². The fraction of sp³-hybridized carbons (Fsp3) is 0.333. The highest BCUT2D eigenvalue weighted by Gasteiger charge is 2.03. The molecule has 0 atom stereocenters. The van der Waals surface area contributed by atoms with Crippen LogP contribution in [0.2, 0.25) is 0 Å². The zero-order valence-electron chi connectivity index (χ0n) is 12.3. The summed E-state index contributed by atoms with van der Waals surface area (Å²) in [6, 6.07) is 5.86. The van der Waals surface area contributed by atoms with E-state index in [1.54, 1.807) is 25.1 Å². The third-order valence-electron chi connectivity index (χ3n) is 2.69. The number of nitro groups is 1. The average molecular weight is 306 g/mol. The lowest BCUT2D eigenvalue weighted by atomic mass is 10.2. The Morgan fingerprint density at radius 2 is 2.00 bits per heavy atom. The van der Waals surface area contributed by atoms with Crippen molar-refractivity contribution in [3.63, 3.8) is 0 Å². The molecular weight excluding hydrogens is 288 g/mol. The standard InChI is InChI=1S/C15H18N2O5/c1-2-22-15(19)4-3-11-16-14(18)10-7-12-5-8-13(9-6-12)17(20)21/h5-10H,2-4,11H2,1H3,(H,16,18)/b10-7+. The maximum Gasteiger partial charge on any atom is 0.305 e. The second kappa shape index (κ2) is 9.28. The molecule has 0 unspecified atom stereocenters. The fourth-order valence-electron chi connectivity index (χ4n) is 1.62. The molecule has 118 valence electrons. The van der Waals surface area contributed by atoms with Crippen LogP contribution in [-0.4, -0.2) is 30.0 Å². The largest absolute Gasteiger partial charge is 0.466 e. The van der Waals surface area contributed by atoms with Gasteiger partial charge in [0.05, 0.1) is 11.5 Å². The number of nitrogens with one attached hydrogen (secondary N) is 1. The number of hydrogen-bond acceptors (Lipinski definition) is 5. The van der Waals surface area contributed by atoms with Crippen LogP contribution >= 0.6 is 0 Å². The predicted molar refractivity (Wildman–Crippen MR) is 81.0 cm³/mol. The summed E-state index contributed by atoms with van der Waals surface area (Å²) in [4.78, 5) is 32.6. The number of hydrogen-bond donors (Lipinski definition) is 1. The zero-order valence-corrected chi connectivity index (χ0v) is 12.3. The number of amides is 1. The molecule has 0 aliphatic heterocycles. The summed E-state index contributed by atoms with van der Waals surface area (Å²) in [7, 11) is 0. The number of nitro benzene ring substituents is 1. The summed E-state index contributed by atoms with van der Waals surface area (Å²) in [5, 5.41) is 13.1. The van der Waals surface area contributed by atoms with E-state index in [1.807, 2.05) is 0 Å². The van der Waals surface area contributed by atoms with Gasteiger partial charge in [0.25, 0.3) is 5.69 Å². The minimum Gasteiger partial charge on any atom is -0.466 e. The van der Waals surface area contributed by atoms with E-state index in [0.717, 1.165) is 0 Å². The summed E-state index contributed by atoms with van der Waals surface area (Å²) in [5.41, 5.74) is 0.688. The van der Waals surface area contributed by atoms with E-state index in [0.29, 0.717) is 25.1 Å². The highest BCUT2D eigenvalue weighted by molar-refractivity contribution is 5.91. The lowest BCUT2D eigenvalue weighted by Crippen LogP contribution is -2.22. The van der Waals surface area contributed by atoms with E-state index < -0.39 is 4.92 Å². The summed E-state index contributed by atoms with van der Waals surface area (Å²) < 4.78 is 4.77. The van der Waals surface area contributed by atoms with Crippen LogP contribution in [0.25, 0.3) is 6.08 Å². The third kappa shape index (κ3) is 6.65. The van der Waals surface area contributed by atoms with Gasteiger partial charge in [0, 0.05) is 31.2 Å². The van der Waals surface area contributed by atoms with Gasteiger partial charge < -0.3 is 10.1 Å². The number of benzene rings is 1. The second-order valence-corrected chi connectivity index (χ2v) is 4.38. The Bertz CT molecular complexity index is 552. The molecule has 0 heterocycles. The number of esters is 1. The van der Waals surface area contributed by atoms with Crippen LogP contribution in [0.5, 0.6) is 0 Å². The molecule has 0 aliphatic rings. The number of non-ortho nitro benzene ring substituents is 1. The maximum atomic E-state index is 11.5. The molecule has 1 aromatic carbocycles. The molecule has 1 aromatic rings. The molecule has 1 amide bonds. The average Bonchev–Trinajstić information content (AvgIpc) is 2.50. The molecule has 0 radical (unpaired) electrons. The molecule has 0 saturated carbocycles. The smallest absolute Gasteiger partial charge is 0.305 e. The fourth-order valence-corrected chi connectivity index (χ4v) is 1.62. The Labute approximate surface area is 128 Å². The minimum atomic E-state index is -0.482. The van der Waals surface area contributed by atoms with Crippen molar-refractivity contribution in [2.24, 2.45) is 0 Å². The van der Waals surface area contributed by atoms with Gasteiger partial charge in [-0.3, -0.25) is 19.7 Å². The lowest BCUT2D eigenvalue weighted by molar-refractivity contribution is -0.384. The Morgan fingerprint density at radius 3 is 2.59 bits per heavy atom. The Balaban J connectivity index is 2.32. The number of ether oxygens (including phenoxy) is 1. The van der Waals surface area contributed by atoms with Crippen molar-refractivity contribution in [1.82, 2.24) is 5.32 Å². The van der Waals surface area contributed by atoms with Gasteiger partial charge in [-0.15, -0.1) is 0 Å². The van der Waals surface area contributed by atoms with Crippen molar-refractivity contribution in [2.75, 3.05) is 13.2 Å². The van der Waals surface area contributed by atoms with Crippen molar-refractivity contribution >= 4 is 23.6 Å². The number of rotatable bonds is 8. The highest BCUT2D eigenvalue weighted by Crippen LogP contribution is 2.12. The van der Waals surface area contributed by atoms with Gasteiger partial charge in [0.2, 0.25) is 5.91 Å². The first-order chi connectivity index (χ1) is 10.5. The van der Waals surface area contributed by atoms with Crippen LogP contribution in [0.1, 0.15) is 25.3 Å². The first kappa shape index (κ1) is 17.4. The molecule has 7 heteroatoms. The molecule has 0 aromatic heterocycles. The van der Waals surface area contributed by atoms with Crippen molar-refractivity contribution in [2.45, 2.75) is 19.8 Å². The SMILES string of the molecule is CCOC(=O)CCCNC(=O)/C=C/c1ccc([N+](=O)[O-])cc1. The van der Waals surface area contributed by atoms with Crippen molar-refractivity contribution in [3.05, 3.63) is 46.0 Å². The summed E-state index contributed by atoms with van der Waals surface area (Å²) in [5.74, 6) is -0.569. The van der Waals surface area contributed by atoms with Crippen molar-refractivity contribution in [3.8, 4) is 0 Å². The Kier molecular flexibility index (Phi) is 7.32. The van der Waals surface area contributed by atoms with E-state index in [9.17, 15) is 19.7 Å². The molecule has 7 nitrogen and oxygen atoms in total. The van der Waals surface area contributed by atoms with Gasteiger partial charge in [0.15, 0.2) is 0 Å². The zero-order chi connectivity index (χ0) is 16.4. The second-order valence-electron chi connectivity index (χ2n) is 4.38. The monoisotopic (exact) mass is 306 g/mol. The number of carbonyl (C=O) groups excluding carboxylic acids is 2. The van der Waals surface area contributed by atoms with Crippen LogP contribution in [0.3, 0.4) is 0 Å². The van der Waals surface area contributed by atoms with Gasteiger partial charge in [-0.1, -0.05) is 0 Å². The summed E-state index contributed by atoms with van der Waals surface area (Å²) >= 11 is 0. The molecule has 0 fully saturated rings. The third-order valence-corrected chi connectivity index (χ3v) is 2.69. The number of nitrogens with zero attached hydrogens (tertiary/aromatic N) is 1. The van der Waals surface area contributed by atoms with Gasteiger partial charge in [-0.25, -0.2) is 0 Å². The lowest BCUT2D eigenvalue weighted by Gasteiger charge is -2.02. The molecule has 1 N–H and O–H groups in total. The van der Waals surface area contributed by atoms with E-state index >= 15 is 0 Å². The van der Waals surface area contributed by atoms with Crippen molar-refractivity contribution in [1.29, 1.82) is 0 Å². The topological polar surface area (TPSA) is 98.5 Å². The summed E-state index contributed by atoms with van der Waals surface area (Å²) in [6.45, 7) is 2.47. The van der Waals surface area contributed by atoms with Crippen LogP contribution in [0, 0.1) is 10.1 Å². The maximum absolute atomic E-state index is 11.5. The van der Waals surface area contributed by atoms with Crippen LogP contribution in [-0.2, 0) is 14.3 Å². The van der Waals surface area contributed by atoms with Gasteiger partial charge >= 0.3 is 5.97 Å². The van der Waals surface area contributed by atoms with E-state index in [1.165, 1.54) is 18.2 Å². The molecule has 0 saturated heterocycles. The van der Waals surface area contributed by atoms with Crippen LogP contribution < -0.4 is 5.32 Å². The highest BCUT2D eigenvalue weighted by atomic mass is 16.6. The molecule has 0 aliphatic carbocycles. The molecule has 0 bridgehead atoms. The first-order valence-electron chi connectivity index (χ1n) is 6.89. The Morgan fingerprint density at radius 1 is 1.32 bits per heavy atom. The summed E-state index contributed by atoms with van der Waals surface area (Å²) in [6.07, 6.45) is 3.67. The van der Waals surface area contributed by atoms with Crippen LogP contribution in [0.4, 0.5) is 5.69 Å².